The van der Waals surface area contributed by atoms with Gasteiger partial charge in [-0.25, -0.2) is 4.79 Å². The normalized spacial score (nSPS) is 23.8. The fraction of sp³-hybridized carbons (Fsp3) is 0.846. The van der Waals surface area contributed by atoms with Crippen LogP contribution in [0.5, 0.6) is 0 Å². The van der Waals surface area contributed by atoms with Crippen LogP contribution in [0.15, 0.2) is 0 Å². The predicted molar refractivity (Wildman–Crippen MR) is 71.0 cm³/mol. The SMILES string of the molecule is CC(C(=O)O)N1CCN(C(=O)NCC2(C)CC2)CC1. The largest absolute Gasteiger partial charge is 0.480 e. The minimum Gasteiger partial charge on any atom is -0.480 e. The fourth-order valence-electron chi connectivity index (χ4n) is 2.26. The predicted octanol–water partition coefficient (Wildman–Crippen LogP) is 0.587. The number of carboxylic acids is 1. The monoisotopic (exact) mass is 269 g/mol. The van der Waals surface area contributed by atoms with Gasteiger partial charge in [0.2, 0.25) is 0 Å². The highest BCUT2D eigenvalue weighted by atomic mass is 16.4. The number of amides is 2. The van der Waals surface area contributed by atoms with E-state index in [2.05, 4.69) is 12.2 Å². The molecule has 1 atom stereocenters. The van der Waals surface area contributed by atoms with Gasteiger partial charge in [-0.1, -0.05) is 6.92 Å². The first-order valence-corrected chi connectivity index (χ1v) is 6.91. The fourth-order valence-corrected chi connectivity index (χ4v) is 2.26. The Hall–Kier alpha value is -1.30. The Morgan fingerprint density at radius 3 is 2.32 bits per heavy atom. The molecule has 1 aliphatic heterocycles. The molecular formula is C13H23N3O3. The number of rotatable bonds is 4. The van der Waals surface area contributed by atoms with Gasteiger partial charge in [0.15, 0.2) is 0 Å². The summed E-state index contributed by atoms with van der Waals surface area (Å²) in [6, 6.07) is -0.494. The van der Waals surface area contributed by atoms with Crippen LogP contribution in [0.1, 0.15) is 26.7 Å². The summed E-state index contributed by atoms with van der Waals surface area (Å²) in [5, 5.41) is 11.9. The van der Waals surface area contributed by atoms with Crippen LogP contribution < -0.4 is 5.32 Å². The molecule has 19 heavy (non-hydrogen) atoms. The minimum absolute atomic E-state index is 0.0178. The number of carboxylic acid groups (broad SMARTS) is 1. The van der Waals surface area contributed by atoms with Gasteiger partial charge >= 0.3 is 12.0 Å². The summed E-state index contributed by atoms with van der Waals surface area (Å²) in [5.41, 5.74) is 0.315. The van der Waals surface area contributed by atoms with Gasteiger partial charge < -0.3 is 15.3 Å². The molecule has 1 aliphatic carbocycles. The molecule has 6 heteroatoms. The zero-order valence-electron chi connectivity index (χ0n) is 11.7. The number of hydrogen-bond donors (Lipinski definition) is 2. The standard InChI is InChI=1S/C13H23N3O3/c1-10(11(17)18)15-5-7-16(8-6-15)12(19)14-9-13(2)3-4-13/h10H,3-9H2,1-2H3,(H,14,19)(H,17,18). The smallest absolute Gasteiger partial charge is 0.320 e. The topological polar surface area (TPSA) is 72.9 Å². The van der Waals surface area contributed by atoms with Crippen molar-refractivity contribution >= 4 is 12.0 Å². The second-order valence-electron chi connectivity index (χ2n) is 6.01. The van der Waals surface area contributed by atoms with Crippen LogP contribution in [-0.4, -0.2) is 65.7 Å². The Kier molecular flexibility index (Phi) is 3.99. The van der Waals surface area contributed by atoms with Gasteiger partial charge in [-0.15, -0.1) is 0 Å². The van der Waals surface area contributed by atoms with Gasteiger partial charge in [-0.05, 0) is 25.2 Å². The van der Waals surface area contributed by atoms with E-state index in [1.807, 2.05) is 4.90 Å². The van der Waals surface area contributed by atoms with Crippen molar-refractivity contribution in [2.45, 2.75) is 32.7 Å². The molecule has 2 rings (SSSR count). The van der Waals surface area contributed by atoms with Crippen molar-refractivity contribution in [2.24, 2.45) is 5.41 Å². The molecule has 2 N–H and O–H groups in total. The minimum atomic E-state index is -0.806. The van der Waals surface area contributed by atoms with E-state index in [4.69, 9.17) is 5.11 Å². The second-order valence-corrected chi connectivity index (χ2v) is 6.01. The molecule has 0 aromatic heterocycles. The molecule has 1 saturated carbocycles. The first kappa shape index (κ1) is 14.1. The summed E-state index contributed by atoms with van der Waals surface area (Å²) in [4.78, 5) is 26.5. The van der Waals surface area contributed by atoms with Gasteiger partial charge in [0.25, 0.3) is 0 Å². The Morgan fingerprint density at radius 2 is 1.84 bits per heavy atom. The van der Waals surface area contributed by atoms with Crippen LogP contribution >= 0.6 is 0 Å². The van der Waals surface area contributed by atoms with Crippen LogP contribution in [0.25, 0.3) is 0 Å². The van der Waals surface area contributed by atoms with Crippen molar-refractivity contribution in [2.75, 3.05) is 32.7 Å². The number of carbonyl (C=O) groups excluding carboxylic acids is 1. The third kappa shape index (κ3) is 3.59. The van der Waals surface area contributed by atoms with Crippen molar-refractivity contribution in [3.63, 3.8) is 0 Å². The highest BCUT2D eigenvalue weighted by Gasteiger charge is 2.37. The summed E-state index contributed by atoms with van der Waals surface area (Å²) in [6.07, 6.45) is 2.38. The van der Waals surface area contributed by atoms with E-state index in [1.54, 1.807) is 11.8 Å². The quantitative estimate of drug-likeness (QED) is 0.783. The molecule has 1 unspecified atom stereocenters. The van der Waals surface area contributed by atoms with Crippen molar-refractivity contribution in [1.82, 2.24) is 15.1 Å². The summed E-state index contributed by atoms with van der Waals surface area (Å²) in [5.74, 6) is -0.806. The highest BCUT2D eigenvalue weighted by Crippen LogP contribution is 2.44. The molecule has 0 spiro atoms. The molecular weight excluding hydrogens is 246 g/mol. The molecule has 1 saturated heterocycles. The maximum absolute atomic E-state index is 12.0. The Labute approximate surface area is 113 Å². The van der Waals surface area contributed by atoms with Gasteiger partial charge in [-0.2, -0.15) is 0 Å². The zero-order chi connectivity index (χ0) is 14.0. The van der Waals surface area contributed by atoms with E-state index in [-0.39, 0.29) is 6.03 Å². The molecule has 2 aliphatic rings. The Bertz CT molecular complexity index is 360. The van der Waals surface area contributed by atoms with E-state index in [0.29, 0.717) is 31.6 Å². The summed E-state index contributed by atoms with van der Waals surface area (Å²) in [6.45, 7) is 7.06. The van der Waals surface area contributed by atoms with E-state index in [0.717, 1.165) is 6.54 Å². The lowest BCUT2D eigenvalue weighted by Gasteiger charge is -2.36. The van der Waals surface area contributed by atoms with Crippen LogP contribution in [0, 0.1) is 5.41 Å². The molecule has 1 heterocycles. The number of aliphatic carboxylic acids is 1. The third-order valence-corrected chi connectivity index (χ3v) is 4.28. The summed E-state index contributed by atoms with van der Waals surface area (Å²) < 4.78 is 0. The number of urea groups is 1. The number of nitrogens with one attached hydrogen (secondary N) is 1. The van der Waals surface area contributed by atoms with E-state index in [1.165, 1.54) is 12.8 Å². The van der Waals surface area contributed by atoms with Crippen LogP contribution in [-0.2, 0) is 4.79 Å². The number of carbonyl (C=O) groups is 2. The maximum atomic E-state index is 12.0. The Morgan fingerprint density at radius 1 is 1.26 bits per heavy atom. The number of piperazine rings is 1. The lowest BCUT2D eigenvalue weighted by atomic mass is 10.1. The molecule has 108 valence electrons. The van der Waals surface area contributed by atoms with Gasteiger partial charge in [0, 0.05) is 32.7 Å². The number of hydrogen-bond acceptors (Lipinski definition) is 3. The Balaban J connectivity index is 1.73. The maximum Gasteiger partial charge on any atom is 0.320 e. The second kappa shape index (κ2) is 5.36. The lowest BCUT2D eigenvalue weighted by Crippen LogP contribution is -2.55. The molecule has 0 aromatic rings. The molecule has 0 radical (unpaired) electrons. The van der Waals surface area contributed by atoms with E-state index < -0.39 is 12.0 Å². The van der Waals surface area contributed by atoms with Crippen molar-refractivity contribution in [3.05, 3.63) is 0 Å². The van der Waals surface area contributed by atoms with Crippen LogP contribution in [0.2, 0.25) is 0 Å². The van der Waals surface area contributed by atoms with Crippen molar-refractivity contribution < 1.29 is 14.7 Å². The van der Waals surface area contributed by atoms with Crippen molar-refractivity contribution in [3.8, 4) is 0 Å². The molecule has 2 amide bonds. The van der Waals surface area contributed by atoms with E-state index in [9.17, 15) is 9.59 Å². The summed E-state index contributed by atoms with van der Waals surface area (Å²) in [7, 11) is 0. The van der Waals surface area contributed by atoms with Crippen molar-refractivity contribution in [1.29, 1.82) is 0 Å². The van der Waals surface area contributed by atoms with E-state index >= 15 is 0 Å². The van der Waals surface area contributed by atoms with Gasteiger partial charge in [0.05, 0.1) is 0 Å². The van der Waals surface area contributed by atoms with Crippen LogP contribution in [0.3, 0.4) is 0 Å². The molecule has 6 nitrogen and oxygen atoms in total. The van der Waals surface area contributed by atoms with Gasteiger partial charge in [-0.3, -0.25) is 9.69 Å². The zero-order valence-corrected chi connectivity index (χ0v) is 11.7. The average Bonchev–Trinajstić information content (AvgIpc) is 3.14. The molecule has 0 bridgehead atoms. The highest BCUT2D eigenvalue weighted by molar-refractivity contribution is 5.75. The third-order valence-electron chi connectivity index (χ3n) is 4.28. The van der Waals surface area contributed by atoms with Gasteiger partial charge in [0.1, 0.15) is 6.04 Å². The molecule has 0 aromatic carbocycles. The molecule has 2 fully saturated rings. The summed E-state index contributed by atoms with van der Waals surface area (Å²) >= 11 is 0. The first-order valence-electron chi connectivity index (χ1n) is 6.91. The first-order chi connectivity index (χ1) is 8.91. The average molecular weight is 269 g/mol. The van der Waals surface area contributed by atoms with Crippen LogP contribution in [0.4, 0.5) is 4.79 Å². The lowest BCUT2D eigenvalue weighted by molar-refractivity contribution is -0.143. The number of nitrogens with zero attached hydrogens (tertiary/aromatic N) is 2.